The van der Waals surface area contributed by atoms with Gasteiger partial charge in [-0.2, -0.15) is 8.75 Å². The molecule has 0 N–H and O–H groups in total. The van der Waals surface area contributed by atoms with Crippen molar-refractivity contribution in [1.82, 2.24) is 8.75 Å². The molecule has 584 valence electrons. The maximum Gasteiger partial charge on any atom is 0.145 e. The average molecular weight is 1620 g/mol. The zero-order chi connectivity index (χ0) is 87.6. The highest BCUT2D eigenvalue weighted by molar-refractivity contribution is 7.00. The molecule has 5 heteroatoms. The second-order valence-corrected chi connectivity index (χ2v) is 31.2. The summed E-state index contributed by atoms with van der Waals surface area (Å²) < 4.78 is 9.09. The fourth-order valence-corrected chi connectivity index (χ4v) is 16.8. The number of para-hydroxylation sites is 2. The molecule has 1 aromatic heterocycles. The van der Waals surface area contributed by atoms with E-state index in [4.69, 9.17) is 25.7 Å². The second kappa shape index (κ2) is 37.7. The van der Waals surface area contributed by atoms with Gasteiger partial charge in [0.05, 0.1) is 11.7 Å². The topological polar surface area (TPSA) is 32.3 Å². The van der Waals surface area contributed by atoms with Crippen molar-refractivity contribution in [2.24, 2.45) is 0 Å². The summed E-state index contributed by atoms with van der Waals surface area (Å²) in [4.78, 5) is 4.64. The highest BCUT2D eigenvalue weighted by Crippen LogP contribution is 2.54. The van der Waals surface area contributed by atoms with E-state index in [0.717, 1.165) is 123 Å². The first kappa shape index (κ1) is 83.3. The zero-order valence-electron chi connectivity index (χ0n) is 70.6. The molecule has 3 aliphatic carbocycles. The number of hydrogen-bond donors (Lipinski definition) is 0. The van der Waals surface area contributed by atoms with E-state index >= 15 is 0 Å². The van der Waals surface area contributed by atoms with Crippen molar-refractivity contribution in [2.75, 3.05) is 9.80 Å². The molecule has 4 nitrogen and oxygen atoms in total. The van der Waals surface area contributed by atoms with Gasteiger partial charge in [-0.3, -0.25) is 0 Å². The van der Waals surface area contributed by atoms with Gasteiger partial charge < -0.3 is 9.80 Å². The number of anilines is 6. The van der Waals surface area contributed by atoms with Crippen molar-refractivity contribution in [3.8, 4) is 258 Å². The normalized spacial score (nSPS) is 11.4. The molecule has 0 radical (unpaired) electrons. The summed E-state index contributed by atoms with van der Waals surface area (Å²) in [6.07, 6.45) is 20.6. The summed E-state index contributed by atoms with van der Waals surface area (Å²) in [5.74, 6) is 75.9. The van der Waals surface area contributed by atoms with Crippen LogP contribution in [0.4, 0.5) is 34.1 Å². The van der Waals surface area contributed by atoms with Crippen LogP contribution in [0.15, 0.2) is 279 Å². The Kier molecular flexibility index (Phi) is 24.9. The van der Waals surface area contributed by atoms with Crippen LogP contribution >= 0.6 is 11.7 Å². The maximum absolute atomic E-state index is 5.19. The SMILES string of the molecule is C#CC#CC#CC#CC1(C#CC#CC#CC#C)c2cc(C)ccc2-c2ccc(-c3ccc(C)c4nsnc34)cc21.C#CC#CC#CC#CC1(C#CC#CC#CC#C)c2cc(C)ccc2-c2ccc(C)cc21.Cc1ccc(N(c2ccccc2)c2ccc(-c3ccc(N(c4ccccc4)c4ccc(-c5ccc6c(c5)C(C)(C)c5cc(C)ccc5-6)cc4)cc3)cc2)cc1. The molecule has 0 saturated carbocycles. The highest BCUT2D eigenvalue weighted by atomic mass is 32.1. The number of hydrogen-bond acceptors (Lipinski definition) is 5. The minimum Gasteiger partial charge on any atom is -0.311 e. The maximum atomic E-state index is 5.19. The van der Waals surface area contributed by atoms with Gasteiger partial charge in [-0.1, -0.05) is 259 Å². The fraction of sp³-hybridized carbons (Fsp3) is 0.0909. The van der Waals surface area contributed by atoms with Gasteiger partial charge in [-0.25, -0.2) is 0 Å². The van der Waals surface area contributed by atoms with E-state index in [1.54, 1.807) is 0 Å². The van der Waals surface area contributed by atoms with Crippen LogP contribution in [0.25, 0.3) is 77.8 Å². The van der Waals surface area contributed by atoms with Crippen LogP contribution in [0, 0.1) is 233 Å². The molecule has 0 spiro atoms. The van der Waals surface area contributed by atoms with E-state index in [9.17, 15) is 0 Å². The highest BCUT2D eigenvalue weighted by Gasteiger charge is 2.44. The molecule has 13 aromatic carbocycles. The zero-order valence-corrected chi connectivity index (χ0v) is 71.4. The first-order valence-electron chi connectivity index (χ1n) is 40.5. The predicted octanol–water partition coefficient (Wildman–Crippen LogP) is 24.3. The van der Waals surface area contributed by atoms with E-state index < -0.39 is 10.8 Å². The molecule has 0 amide bonds. The Morgan fingerprint density at radius 1 is 0.238 bits per heavy atom. The third kappa shape index (κ3) is 17.5. The minimum atomic E-state index is -1.00. The van der Waals surface area contributed by atoms with Crippen molar-refractivity contribution < 1.29 is 0 Å². The third-order valence-electron chi connectivity index (χ3n) is 22.2. The molecule has 14 aromatic rings. The number of aromatic nitrogens is 2. The summed E-state index contributed by atoms with van der Waals surface area (Å²) in [7, 11) is 0. The monoisotopic (exact) mass is 1610 g/mol. The summed E-state index contributed by atoms with van der Waals surface area (Å²) in [5.41, 5.74) is 34.2. The molecule has 0 aliphatic heterocycles. The fourth-order valence-electron chi connectivity index (χ4n) is 16.2. The Morgan fingerprint density at radius 3 is 0.881 bits per heavy atom. The Labute approximate surface area is 745 Å². The van der Waals surface area contributed by atoms with Gasteiger partial charge in [-0.05, 0) is 369 Å². The van der Waals surface area contributed by atoms with Gasteiger partial charge in [0.1, 0.15) is 21.9 Å². The molecule has 17 rings (SSSR count). The number of rotatable bonds is 9. The second-order valence-electron chi connectivity index (χ2n) is 30.6. The van der Waals surface area contributed by atoms with Crippen LogP contribution in [0.1, 0.15) is 80.6 Å². The van der Waals surface area contributed by atoms with Crippen molar-refractivity contribution in [3.05, 3.63) is 346 Å². The van der Waals surface area contributed by atoms with E-state index in [2.05, 4.69) is 491 Å². The molecule has 0 unspecified atom stereocenters. The van der Waals surface area contributed by atoms with E-state index in [-0.39, 0.29) is 5.41 Å². The lowest BCUT2D eigenvalue weighted by Crippen LogP contribution is -2.21. The lowest BCUT2D eigenvalue weighted by Gasteiger charge is -2.26. The predicted molar refractivity (Wildman–Crippen MR) is 523 cm³/mol. The standard InChI is InChI=1S/C53H44N2.C37H16N2S.C31H14/c1-37-15-25-45(26-16-37)54(43-11-7-5-8-12-43)46-27-18-39(19-28-46)40-20-29-47(30-21-40)55(44-13-9-6-10-14-44)48-31-22-41(23-32-48)42-24-34-50-49-33-17-38(2)35-51(49)53(3,4)52(50)36-42;1-5-7-9-11-13-15-23-37(24-16-14-12-10-8-6-2)33-25-27(3)17-20-31(33)32-22-19-29(26-34(32)37)30-21-18-28(4)35-36(30)39-40-38-35;1-5-7-9-11-13-15-21-31(22-16-14-12-10-8-6-2)29-23-25(3)17-19-27(29)28-20-18-26(4)24-30(28)31/h5-36H,1-4H3;1-2,17-22,25-26H,3-4H3;1-2,17-20,23-24H,3-4H3. The number of fused-ring (bicyclic) bond motifs is 10. The number of benzene rings is 13. The van der Waals surface area contributed by atoms with Gasteiger partial charge in [0.25, 0.3) is 0 Å². The van der Waals surface area contributed by atoms with E-state index in [1.165, 1.54) is 67.4 Å². The van der Waals surface area contributed by atoms with Gasteiger partial charge in [0.15, 0.2) is 0 Å². The van der Waals surface area contributed by atoms with Crippen LogP contribution < -0.4 is 9.80 Å². The molecule has 0 fully saturated rings. The summed E-state index contributed by atoms with van der Waals surface area (Å²) in [6.45, 7) is 17.2. The molecular weight excluding hydrogens is 1540 g/mol. The van der Waals surface area contributed by atoms with Crippen molar-refractivity contribution in [2.45, 2.75) is 71.6 Å². The van der Waals surface area contributed by atoms with Crippen LogP contribution in [-0.4, -0.2) is 8.75 Å². The van der Waals surface area contributed by atoms with Crippen molar-refractivity contribution in [1.29, 1.82) is 0 Å². The molecule has 126 heavy (non-hydrogen) atoms. The molecule has 0 saturated heterocycles. The van der Waals surface area contributed by atoms with Gasteiger partial charge in [0.2, 0.25) is 0 Å². The third-order valence-corrected chi connectivity index (χ3v) is 22.7. The molecule has 0 atom stereocenters. The first-order chi connectivity index (χ1) is 61.5. The Morgan fingerprint density at radius 2 is 0.500 bits per heavy atom. The van der Waals surface area contributed by atoms with Crippen molar-refractivity contribution in [3.63, 3.8) is 0 Å². The van der Waals surface area contributed by atoms with Crippen LogP contribution in [0.3, 0.4) is 0 Å². The van der Waals surface area contributed by atoms with E-state index in [1.807, 2.05) is 27.7 Å². The summed E-state index contributed by atoms with van der Waals surface area (Å²) in [6, 6.07) is 100. The lowest BCUT2D eigenvalue weighted by molar-refractivity contribution is 0.660. The van der Waals surface area contributed by atoms with Crippen LogP contribution in [0.5, 0.6) is 0 Å². The Hall–Kier alpha value is -17.8. The van der Waals surface area contributed by atoms with E-state index in [0.29, 0.717) is 0 Å². The van der Waals surface area contributed by atoms with Gasteiger partial charge >= 0.3 is 0 Å². The van der Waals surface area contributed by atoms with Crippen molar-refractivity contribution >= 4 is 56.9 Å². The average Bonchev–Trinajstić information content (AvgIpc) is 1.57. The van der Waals surface area contributed by atoms with Crippen LogP contribution in [0.2, 0.25) is 0 Å². The molecule has 0 bridgehead atoms. The number of nitrogens with zero attached hydrogens (tertiary/aromatic N) is 4. The quantitative estimate of drug-likeness (QED) is 0.135. The Balaban J connectivity index is 0.000000153. The number of terminal acetylenes is 4. The summed E-state index contributed by atoms with van der Waals surface area (Å²) >= 11 is 1.21. The first-order valence-corrected chi connectivity index (χ1v) is 41.2. The molecule has 3 aliphatic rings. The van der Waals surface area contributed by atoms with Gasteiger partial charge in [-0.15, -0.1) is 25.7 Å². The number of aryl methyl sites for hydroxylation is 6. The summed E-state index contributed by atoms with van der Waals surface area (Å²) in [5, 5.41) is 0. The lowest BCUT2D eigenvalue weighted by atomic mass is 9.78. The van der Waals surface area contributed by atoms with Crippen LogP contribution in [-0.2, 0) is 16.2 Å². The Bertz CT molecular complexity index is 7600. The smallest absolute Gasteiger partial charge is 0.145 e. The molecular formula is C121H74N4S. The van der Waals surface area contributed by atoms with Gasteiger partial charge in [0, 0.05) is 45.1 Å². The largest absolute Gasteiger partial charge is 0.311 e. The molecule has 1 heterocycles. The minimum absolute atomic E-state index is 0.0329.